The summed E-state index contributed by atoms with van der Waals surface area (Å²) in [6.45, 7) is 0. The summed E-state index contributed by atoms with van der Waals surface area (Å²) >= 11 is 0. The van der Waals surface area contributed by atoms with E-state index in [2.05, 4.69) is 0 Å². The highest BCUT2D eigenvalue weighted by molar-refractivity contribution is 5.15. The maximum Gasteiger partial charge on any atom is 0.151 e. The zero-order chi connectivity index (χ0) is 15.9. The first-order valence-electron chi connectivity index (χ1n) is 8.00. The summed E-state index contributed by atoms with van der Waals surface area (Å²) in [7, 11) is 0. The molecule has 0 aliphatic heterocycles. The van der Waals surface area contributed by atoms with Crippen LogP contribution in [0.25, 0.3) is 0 Å². The summed E-state index contributed by atoms with van der Waals surface area (Å²) in [5.74, 6) is -0.0410. The Morgan fingerprint density at radius 2 is 1.82 bits per heavy atom. The van der Waals surface area contributed by atoms with E-state index < -0.39 is 18.5 Å². The van der Waals surface area contributed by atoms with E-state index in [0.29, 0.717) is 12.8 Å². The molecule has 122 valence electrons. The minimum absolute atomic E-state index is 0.0626. The third-order valence-corrected chi connectivity index (χ3v) is 4.46. The molecular formula is C18H26O4. The smallest absolute Gasteiger partial charge is 0.151 e. The molecule has 4 N–H and O–H groups in total. The first-order chi connectivity index (χ1) is 10.6. The van der Waals surface area contributed by atoms with E-state index >= 15 is 0 Å². The van der Waals surface area contributed by atoms with Crippen LogP contribution in [0.5, 0.6) is 0 Å². The highest BCUT2D eigenvalue weighted by atomic mass is 16.5. The van der Waals surface area contributed by atoms with E-state index in [-0.39, 0.29) is 18.3 Å². The van der Waals surface area contributed by atoms with Crippen LogP contribution in [0, 0.1) is 11.8 Å². The van der Waals surface area contributed by atoms with E-state index in [0.717, 1.165) is 12.8 Å². The second-order valence-corrected chi connectivity index (χ2v) is 6.17. The van der Waals surface area contributed by atoms with Gasteiger partial charge in [-0.3, -0.25) is 0 Å². The molecule has 0 amide bonds. The lowest BCUT2D eigenvalue weighted by Gasteiger charge is -2.20. The molecule has 1 aromatic carbocycles. The van der Waals surface area contributed by atoms with Gasteiger partial charge in [0.15, 0.2) is 6.29 Å². The predicted molar refractivity (Wildman–Crippen MR) is 85.0 cm³/mol. The van der Waals surface area contributed by atoms with Crippen molar-refractivity contribution in [2.45, 2.75) is 50.6 Å². The van der Waals surface area contributed by atoms with Gasteiger partial charge in [0.05, 0.1) is 12.2 Å². The Morgan fingerprint density at radius 3 is 2.50 bits per heavy atom. The molecule has 4 nitrogen and oxygen atoms in total. The number of benzene rings is 1. The Morgan fingerprint density at radius 1 is 1.09 bits per heavy atom. The summed E-state index contributed by atoms with van der Waals surface area (Å²) in [5, 5.41) is 38.3. The Kier molecular flexibility index (Phi) is 6.58. The molecule has 22 heavy (non-hydrogen) atoms. The van der Waals surface area contributed by atoms with Crippen LogP contribution < -0.4 is 0 Å². The monoisotopic (exact) mass is 306 g/mol. The van der Waals surface area contributed by atoms with Gasteiger partial charge in [0.1, 0.15) is 0 Å². The van der Waals surface area contributed by atoms with Crippen molar-refractivity contribution in [3.8, 4) is 0 Å². The molecule has 1 aliphatic carbocycles. The van der Waals surface area contributed by atoms with Crippen molar-refractivity contribution in [2.24, 2.45) is 11.8 Å². The molecule has 1 aliphatic rings. The van der Waals surface area contributed by atoms with Gasteiger partial charge in [-0.25, -0.2) is 0 Å². The average Bonchev–Trinajstić information content (AvgIpc) is 2.83. The fourth-order valence-electron chi connectivity index (χ4n) is 3.23. The van der Waals surface area contributed by atoms with Crippen LogP contribution in [-0.2, 0) is 6.42 Å². The van der Waals surface area contributed by atoms with E-state index in [4.69, 9.17) is 10.2 Å². The van der Waals surface area contributed by atoms with Gasteiger partial charge in [0.2, 0.25) is 0 Å². The number of hydrogen-bond acceptors (Lipinski definition) is 4. The van der Waals surface area contributed by atoms with Crippen molar-refractivity contribution in [3.05, 3.63) is 48.0 Å². The first-order valence-corrected chi connectivity index (χ1v) is 8.00. The molecule has 1 aromatic rings. The van der Waals surface area contributed by atoms with Crippen LogP contribution in [-0.4, -0.2) is 38.9 Å². The highest BCUT2D eigenvalue weighted by Gasteiger charge is 2.33. The number of aryl methyl sites for hydroxylation is 1. The fraction of sp³-hybridized carbons (Fsp3) is 0.556. The van der Waals surface area contributed by atoms with Gasteiger partial charge in [-0.2, -0.15) is 0 Å². The Bertz CT molecular complexity index is 457. The van der Waals surface area contributed by atoms with E-state index in [1.165, 1.54) is 5.56 Å². The van der Waals surface area contributed by atoms with Gasteiger partial charge in [0.25, 0.3) is 0 Å². The second kappa shape index (κ2) is 8.44. The van der Waals surface area contributed by atoms with Crippen LogP contribution in [0.2, 0.25) is 0 Å². The van der Waals surface area contributed by atoms with Gasteiger partial charge in [-0.1, -0.05) is 42.5 Å². The third kappa shape index (κ3) is 5.21. The molecule has 0 aromatic heterocycles. The maximum atomic E-state index is 10.1. The van der Waals surface area contributed by atoms with Crippen LogP contribution in [0.1, 0.15) is 31.2 Å². The summed E-state index contributed by atoms with van der Waals surface area (Å²) in [4.78, 5) is 0. The summed E-state index contributed by atoms with van der Waals surface area (Å²) in [5.41, 5.74) is 1.19. The number of hydrogen-bond donors (Lipinski definition) is 4. The van der Waals surface area contributed by atoms with Gasteiger partial charge in [-0.15, -0.1) is 0 Å². The van der Waals surface area contributed by atoms with Crippen molar-refractivity contribution in [1.29, 1.82) is 0 Å². The lowest BCUT2D eigenvalue weighted by atomic mass is 9.90. The third-order valence-electron chi connectivity index (χ3n) is 4.46. The Hall–Kier alpha value is -1.20. The van der Waals surface area contributed by atoms with Crippen molar-refractivity contribution in [3.63, 3.8) is 0 Å². The lowest BCUT2D eigenvalue weighted by molar-refractivity contribution is -0.0593. The predicted octanol–water partition coefficient (Wildman–Crippen LogP) is 1.62. The number of aliphatic hydroxyl groups is 4. The van der Waals surface area contributed by atoms with E-state index in [9.17, 15) is 10.2 Å². The van der Waals surface area contributed by atoms with Crippen molar-refractivity contribution in [1.82, 2.24) is 0 Å². The number of aliphatic hydroxyl groups excluding tert-OH is 3. The Labute approximate surface area is 131 Å². The maximum absolute atomic E-state index is 10.1. The van der Waals surface area contributed by atoms with Crippen LogP contribution in [0.3, 0.4) is 0 Å². The molecule has 1 saturated carbocycles. The molecule has 4 heteroatoms. The summed E-state index contributed by atoms with van der Waals surface area (Å²) < 4.78 is 0. The van der Waals surface area contributed by atoms with Crippen LogP contribution in [0.15, 0.2) is 42.5 Å². The van der Waals surface area contributed by atoms with Crippen LogP contribution >= 0.6 is 0 Å². The SMILES string of the molecule is OC(O)C[C@H]1CC[C@@H](O)[C@@H]1/C=C/[C@@H](O)CCc1ccccc1. The van der Waals surface area contributed by atoms with Crippen molar-refractivity contribution in [2.75, 3.05) is 0 Å². The molecular weight excluding hydrogens is 280 g/mol. The van der Waals surface area contributed by atoms with Crippen molar-refractivity contribution < 1.29 is 20.4 Å². The molecule has 0 spiro atoms. The topological polar surface area (TPSA) is 80.9 Å². The quantitative estimate of drug-likeness (QED) is 0.456. The zero-order valence-electron chi connectivity index (χ0n) is 12.8. The van der Waals surface area contributed by atoms with Gasteiger partial charge in [0, 0.05) is 12.3 Å². The first kappa shape index (κ1) is 17.2. The fourth-order valence-corrected chi connectivity index (χ4v) is 3.23. The summed E-state index contributed by atoms with van der Waals surface area (Å²) in [6.07, 6.45) is 4.41. The molecule has 2 rings (SSSR count). The largest absolute Gasteiger partial charge is 0.393 e. The molecule has 0 heterocycles. The van der Waals surface area contributed by atoms with E-state index in [1.54, 1.807) is 6.08 Å². The normalized spacial score (nSPS) is 26.9. The minimum Gasteiger partial charge on any atom is -0.393 e. The minimum atomic E-state index is -1.34. The van der Waals surface area contributed by atoms with Gasteiger partial charge in [-0.05, 0) is 37.2 Å². The zero-order valence-corrected chi connectivity index (χ0v) is 12.8. The van der Waals surface area contributed by atoms with E-state index in [1.807, 2.05) is 36.4 Å². The standard InChI is InChI=1S/C18H26O4/c19-15(8-6-13-4-2-1-3-5-13)9-10-16-14(12-18(21)22)7-11-17(16)20/h1-5,9-10,14-22H,6-8,11-12H2/b10-9+/t14-,15+,16-,17-/m1/s1. The molecule has 4 atom stereocenters. The molecule has 0 bridgehead atoms. The van der Waals surface area contributed by atoms with Gasteiger partial charge < -0.3 is 20.4 Å². The lowest BCUT2D eigenvalue weighted by Crippen LogP contribution is -2.21. The summed E-state index contributed by atoms with van der Waals surface area (Å²) in [6, 6.07) is 10.0. The van der Waals surface area contributed by atoms with Crippen LogP contribution in [0.4, 0.5) is 0 Å². The molecule has 0 radical (unpaired) electrons. The second-order valence-electron chi connectivity index (χ2n) is 6.17. The Balaban J connectivity index is 1.83. The number of rotatable bonds is 7. The highest BCUT2D eigenvalue weighted by Crippen LogP contribution is 2.36. The molecule has 0 unspecified atom stereocenters. The average molecular weight is 306 g/mol. The molecule has 1 fully saturated rings. The van der Waals surface area contributed by atoms with Crippen molar-refractivity contribution >= 4 is 0 Å². The van der Waals surface area contributed by atoms with Gasteiger partial charge >= 0.3 is 0 Å². The molecule has 0 saturated heterocycles.